The number of hydrogen-bond acceptors (Lipinski definition) is 4. The Hall–Kier alpha value is -1.34. The first kappa shape index (κ1) is 12.1. The largest absolute Gasteiger partial charge is 0.454 e. The minimum absolute atomic E-state index is 0.254. The Labute approximate surface area is 112 Å². The van der Waals surface area contributed by atoms with E-state index in [2.05, 4.69) is 31.8 Å². The van der Waals surface area contributed by atoms with E-state index in [1.54, 1.807) is 13.3 Å². The molecule has 0 aliphatic carbocycles. The molecule has 1 heterocycles. The number of hydrazone groups is 1. The van der Waals surface area contributed by atoms with Gasteiger partial charge in [-0.1, -0.05) is 0 Å². The van der Waals surface area contributed by atoms with Crippen LogP contribution in [0, 0.1) is 0 Å². The molecule has 90 valence electrons. The lowest BCUT2D eigenvalue weighted by molar-refractivity contribution is 0.174. The van der Waals surface area contributed by atoms with Gasteiger partial charge >= 0.3 is 0 Å². The van der Waals surface area contributed by atoms with Crippen LogP contribution in [0.1, 0.15) is 5.56 Å². The van der Waals surface area contributed by atoms with Crippen LogP contribution in [0.2, 0.25) is 0 Å². The number of nitrogens with one attached hydrogen (secondary N) is 2. The topological polar surface area (TPSA) is 54.9 Å². The average Bonchev–Trinajstić information content (AvgIpc) is 2.76. The van der Waals surface area contributed by atoms with Crippen LogP contribution in [0.15, 0.2) is 21.7 Å². The van der Waals surface area contributed by atoms with Gasteiger partial charge in [0.15, 0.2) is 16.6 Å². The lowest BCUT2D eigenvalue weighted by atomic mass is 10.2. The summed E-state index contributed by atoms with van der Waals surface area (Å²) in [4.78, 5) is 0. The van der Waals surface area contributed by atoms with E-state index in [4.69, 9.17) is 21.7 Å². The minimum atomic E-state index is 0.254. The molecule has 2 N–H and O–H groups in total. The number of rotatable bonds is 2. The first-order valence-corrected chi connectivity index (χ1v) is 6.01. The van der Waals surface area contributed by atoms with Crippen molar-refractivity contribution in [3.63, 3.8) is 0 Å². The van der Waals surface area contributed by atoms with Crippen LogP contribution in [0.25, 0.3) is 0 Å². The van der Waals surface area contributed by atoms with Gasteiger partial charge in [0.25, 0.3) is 0 Å². The third kappa shape index (κ3) is 2.86. The monoisotopic (exact) mass is 315 g/mol. The van der Waals surface area contributed by atoms with E-state index in [0.717, 1.165) is 15.8 Å². The van der Waals surface area contributed by atoms with Gasteiger partial charge in [-0.25, -0.2) is 0 Å². The highest BCUT2D eigenvalue weighted by Crippen LogP contribution is 2.36. The maximum Gasteiger partial charge on any atom is 0.231 e. The van der Waals surface area contributed by atoms with Gasteiger partial charge in [-0.3, -0.25) is 5.43 Å². The molecule has 2 rings (SSSR count). The number of halogens is 1. The number of benzene rings is 1. The lowest BCUT2D eigenvalue weighted by Gasteiger charge is -2.02. The maximum absolute atomic E-state index is 5.28. The van der Waals surface area contributed by atoms with Crippen molar-refractivity contribution >= 4 is 39.5 Å². The highest BCUT2D eigenvalue weighted by atomic mass is 79.9. The fourth-order valence-corrected chi connectivity index (χ4v) is 1.73. The number of ether oxygens (including phenoxy) is 2. The molecule has 0 aromatic heterocycles. The van der Waals surface area contributed by atoms with Gasteiger partial charge in [0, 0.05) is 17.1 Å². The van der Waals surface area contributed by atoms with Crippen LogP contribution in [0.3, 0.4) is 0 Å². The standard InChI is InChI=1S/C10H10BrN3O2S/c1-12-10(17)14-13-4-6-2-8-9(3-7(6)11)16-5-15-8/h2-4H,5H2,1H3,(H2,12,14,17)/b13-4-. The second-order valence-corrected chi connectivity index (χ2v) is 4.44. The lowest BCUT2D eigenvalue weighted by Crippen LogP contribution is -2.28. The second kappa shape index (κ2) is 5.33. The summed E-state index contributed by atoms with van der Waals surface area (Å²) in [6, 6.07) is 3.69. The van der Waals surface area contributed by atoms with E-state index in [0.29, 0.717) is 10.9 Å². The number of fused-ring (bicyclic) bond motifs is 1. The third-order valence-corrected chi connectivity index (χ3v) is 3.07. The fourth-order valence-electron chi connectivity index (χ4n) is 1.25. The molecular weight excluding hydrogens is 306 g/mol. The van der Waals surface area contributed by atoms with E-state index in [1.807, 2.05) is 12.1 Å². The summed E-state index contributed by atoms with van der Waals surface area (Å²) in [5.41, 5.74) is 3.55. The molecule has 0 bridgehead atoms. The fraction of sp³-hybridized carbons (Fsp3) is 0.200. The number of thiocarbonyl (C=S) groups is 1. The van der Waals surface area contributed by atoms with Gasteiger partial charge < -0.3 is 14.8 Å². The molecule has 1 aromatic carbocycles. The van der Waals surface area contributed by atoms with E-state index in [9.17, 15) is 0 Å². The van der Waals surface area contributed by atoms with Gasteiger partial charge in [-0.15, -0.1) is 0 Å². The van der Waals surface area contributed by atoms with Gasteiger partial charge in [-0.2, -0.15) is 5.10 Å². The zero-order valence-corrected chi connectivity index (χ0v) is 11.4. The molecule has 0 saturated heterocycles. The van der Waals surface area contributed by atoms with Crippen molar-refractivity contribution < 1.29 is 9.47 Å². The molecule has 17 heavy (non-hydrogen) atoms. The summed E-state index contributed by atoms with van der Waals surface area (Å²) < 4.78 is 11.4. The number of nitrogens with zero attached hydrogens (tertiary/aromatic N) is 1. The first-order chi connectivity index (χ1) is 8.20. The molecule has 0 amide bonds. The highest BCUT2D eigenvalue weighted by Gasteiger charge is 2.15. The van der Waals surface area contributed by atoms with Gasteiger partial charge in [0.05, 0.1) is 6.21 Å². The summed E-state index contributed by atoms with van der Waals surface area (Å²) in [6.45, 7) is 0.254. The van der Waals surface area contributed by atoms with Gasteiger partial charge in [0.1, 0.15) is 0 Å². The Bertz CT molecular complexity index is 479. The van der Waals surface area contributed by atoms with Crippen LogP contribution in [-0.2, 0) is 0 Å². The van der Waals surface area contributed by atoms with Crippen molar-refractivity contribution in [3.8, 4) is 11.5 Å². The van der Waals surface area contributed by atoms with Crippen molar-refractivity contribution in [2.75, 3.05) is 13.8 Å². The van der Waals surface area contributed by atoms with Crippen LogP contribution in [-0.4, -0.2) is 25.2 Å². The summed E-state index contributed by atoms with van der Waals surface area (Å²) in [5.74, 6) is 1.44. The Morgan fingerprint density at radius 3 is 2.88 bits per heavy atom. The third-order valence-electron chi connectivity index (χ3n) is 2.09. The van der Waals surface area contributed by atoms with Crippen molar-refractivity contribution in [3.05, 3.63) is 22.2 Å². The second-order valence-electron chi connectivity index (χ2n) is 3.18. The molecule has 5 nitrogen and oxygen atoms in total. The summed E-state index contributed by atoms with van der Waals surface area (Å²) in [6.07, 6.45) is 1.65. The SMILES string of the molecule is CNC(=S)N/N=C\c1cc2c(cc1Br)OCO2. The summed E-state index contributed by atoms with van der Waals surface area (Å²) in [7, 11) is 1.72. The van der Waals surface area contributed by atoms with Crippen molar-refractivity contribution in [1.29, 1.82) is 0 Å². The van der Waals surface area contributed by atoms with Crippen LogP contribution in [0.4, 0.5) is 0 Å². The molecule has 0 spiro atoms. The molecule has 1 aliphatic heterocycles. The smallest absolute Gasteiger partial charge is 0.231 e. The molecule has 0 unspecified atom stereocenters. The molecule has 1 aliphatic rings. The zero-order valence-electron chi connectivity index (χ0n) is 8.99. The summed E-state index contributed by atoms with van der Waals surface area (Å²) in [5, 5.41) is 7.21. The molecule has 0 saturated carbocycles. The predicted molar refractivity (Wildman–Crippen MR) is 72.7 cm³/mol. The Balaban J connectivity index is 2.13. The molecule has 0 fully saturated rings. The first-order valence-electron chi connectivity index (χ1n) is 4.80. The Morgan fingerprint density at radius 1 is 1.47 bits per heavy atom. The van der Waals surface area contributed by atoms with Crippen molar-refractivity contribution in [2.24, 2.45) is 5.10 Å². The highest BCUT2D eigenvalue weighted by molar-refractivity contribution is 9.10. The van der Waals surface area contributed by atoms with Crippen LogP contribution in [0.5, 0.6) is 11.5 Å². The molecule has 0 atom stereocenters. The number of hydrogen-bond donors (Lipinski definition) is 2. The van der Waals surface area contributed by atoms with Crippen LogP contribution < -0.4 is 20.2 Å². The van der Waals surface area contributed by atoms with Crippen LogP contribution >= 0.6 is 28.1 Å². The van der Waals surface area contributed by atoms with Gasteiger partial charge in [0.2, 0.25) is 6.79 Å². The Morgan fingerprint density at radius 2 is 2.18 bits per heavy atom. The molecule has 1 aromatic rings. The van der Waals surface area contributed by atoms with E-state index in [-0.39, 0.29) is 6.79 Å². The van der Waals surface area contributed by atoms with E-state index in [1.165, 1.54) is 0 Å². The quantitative estimate of drug-likeness (QED) is 0.493. The van der Waals surface area contributed by atoms with Gasteiger partial charge in [-0.05, 0) is 40.3 Å². The van der Waals surface area contributed by atoms with E-state index < -0.39 is 0 Å². The predicted octanol–water partition coefficient (Wildman–Crippen LogP) is 1.61. The van der Waals surface area contributed by atoms with Crippen molar-refractivity contribution in [1.82, 2.24) is 10.7 Å². The molecule has 0 radical (unpaired) electrons. The Kier molecular flexibility index (Phi) is 3.80. The normalized spacial score (nSPS) is 12.8. The average molecular weight is 316 g/mol. The van der Waals surface area contributed by atoms with E-state index >= 15 is 0 Å². The zero-order chi connectivity index (χ0) is 12.3. The maximum atomic E-state index is 5.28. The molecular formula is C10H10BrN3O2S. The summed E-state index contributed by atoms with van der Waals surface area (Å²) >= 11 is 8.32. The minimum Gasteiger partial charge on any atom is -0.454 e. The molecule has 7 heteroatoms. The van der Waals surface area contributed by atoms with Crippen molar-refractivity contribution in [2.45, 2.75) is 0 Å².